The molecule has 1 saturated carbocycles. The summed E-state index contributed by atoms with van der Waals surface area (Å²) in [6.45, 7) is 3.79. The van der Waals surface area contributed by atoms with Gasteiger partial charge in [0.15, 0.2) is 5.82 Å². The quantitative estimate of drug-likeness (QED) is 0.748. The van der Waals surface area contributed by atoms with Crippen LogP contribution in [-0.2, 0) is 10.3 Å². The van der Waals surface area contributed by atoms with Crippen LogP contribution >= 0.6 is 0 Å². The predicted molar refractivity (Wildman–Crippen MR) is 91.9 cm³/mol. The Morgan fingerprint density at radius 1 is 1.33 bits per heavy atom. The third-order valence-electron chi connectivity index (χ3n) is 5.29. The molecule has 1 amide bonds. The summed E-state index contributed by atoms with van der Waals surface area (Å²) in [6, 6.07) is 2.24. The molecule has 3 rings (SSSR count). The molecule has 1 aliphatic rings. The molecule has 0 radical (unpaired) electrons. The van der Waals surface area contributed by atoms with Crippen LogP contribution in [0.15, 0.2) is 12.1 Å². The van der Waals surface area contributed by atoms with Gasteiger partial charge in [-0.25, -0.2) is 9.37 Å². The van der Waals surface area contributed by atoms with Crippen molar-refractivity contribution in [3.63, 3.8) is 0 Å². The van der Waals surface area contributed by atoms with E-state index in [1.807, 2.05) is 6.92 Å². The molecular formula is C18H21F4N3O2. The Balaban J connectivity index is 2.00. The van der Waals surface area contributed by atoms with Gasteiger partial charge in [0.1, 0.15) is 11.3 Å². The van der Waals surface area contributed by atoms with Crippen molar-refractivity contribution >= 4 is 22.9 Å². The van der Waals surface area contributed by atoms with Crippen LogP contribution in [0.2, 0.25) is 0 Å². The van der Waals surface area contributed by atoms with E-state index in [2.05, 4.69) is 10.3 Å². The highest BCUT2D eigenvalue weighted by molar-refractivity contribution is 5.92. The van der Waals surface area contributed by atoms with Gasteiger partial charge < -0.3 is 9.67 Å². The molecule has 1 heterocycles. The molecular weight excluding hydrogens is 366 g/mol. The Kier molecular flexibility index (Phi) is 4.39. The first-order valence-electron chi connectivity index (χ1n) is 8.62. The summed E-state index contributed by atoms with van der Waals surface area (Å²) >= 11 is 0. The number of carbonyl (C=O) groups excluding carboxylic acids is 1. The van der Waals surface area contributed by atoms with Gasteiger partial charge in [-0.05, 0) is 26.2 Å². The molecule has 0 atom stereocenters. The molecule has 0 bridgehead atoms. The molecule has 148 valence electrons. The van der Waals surface area contributed by atoms with Crippen LogP contribution in [0.25, 0.3) is 11.0 Å². The largest absolute Gasteiger partial charge is 0.508 e. The van der Waals surface area contributed by atoms with E-state index in [0.717, 1.165) is 39.2 Å². The van der Waals surface area contributed by atoms with Gasteiger partial charge in [-0.1, -0.05) is 13.8 Å². The van der Waals surface area contributed by atoms with Crippen LogP contribution in [0.4, 0.5) is 23.5 Å². The van der Waals surface area contributed by atoms with Crippen molar-refractivity contribution in [3.05, 3.63) is 17.9 Å². The first-order chi connectivity index (χ1) is 12.3. The van der Waals surface area contributed by atoms with Crippen molar-refractivity contribution in [1.82, 2.24) is 9.55 Å². The maximum absolute atomic E-state index is 14.2. The fourth-order valence-corrected chi connectivity index (χ4v) is 3.33. The lowest BCUT2D eigenvalue weighted by molar-refractivity contribution is -0.213. The number of aromatic nitrogens is 2. The molecule has 1 aromatic heterocycles. The second-order valence-electron chi connectivity index (χ2n) is 8.02. The predicted octanol–water partition coefficient (Wildman–Crippen LogP) is 4.70. The van der Waals surface area contributed by atoms with Crippen molar-refractivity contribution in [2.75, 3.05) is 5.32 Å². The smallest absolute Gasteiger partial charge is 0.394 e. The summed E-state index contributed by atoms with van der Waals surface area (Å²) in [4.78, 5) is 16.4. The number of phenolic OH excluding ortho intramolecular Hbond substituents is 1. The van der Waals surface area contributed by atoms with Crippen LogP contribution in [0.3, 0.4) is 0 Å². The SMILES string of the molecule is CC1(n2c(NC(=O)CC(C)(C)C(F)(F)F)nc3c(F)cc(O)cc32)CCC1. The van der Waals surface area contributed by atoms with E-state index in [1.165, 1.54) is 6.07 Å². The summed E-state index contributed by atoms with van der Waals surface area (Å²) in [5.41, 5.74) is -2.43. The van der Waals surface area contributed by atoms with Crippen molar-refractivity contribution in [2.24, 2.45) is 5.41 Å². The molecule has 5 nitrogen and oxygen atoms in total. The van der Waals surface area contributed by atoms with E-state index < -0.39 is 35.3 Å². The van der Waals surface area contributed by atoms with Gasteiger partial charge in [-0.2, -0.15) is 13.2 Å². The molecule has 0 aliphatic heterocycles. The highest BCUT2D eigenvalue weighted by Gasteiger charge is 2.48. The van der Waals surface area contributed by atoms with Gasteiger partial charge in [0, 0.05) is 24.1 Å². The number of alkyl halides is 3. The number of carbonyl (C=O) groups is 1. The number of halogens is 4. The summed E-state index contributed by atoms with van der Waals surface area (Å²) in [6.07, 6.45) is -2.92. The summed E-state index contributed by atoms with van der Waals surface area (Å²) < 4.78 is 55.0. The van der Waals surface area contributed by atoms with Gasteiger partial charge in [0.25, 0.3) is 0 Å². The van der Waals surface area contributed by atoms with Crippen molar-refractivity contribution in [3.8, 4) is 5.75 Å². The van der Waals surface area contributed by atoms with Crippen LogP contribution in [-0.4, -0.2) is 26.7 Å². The van der Waals surface area contributed by atoms with Crippen LogP contribution < -0.4 is 5.32 Å². The second-order valence-corrected chi connectivity index (χ2v) is 8.02. The van der Waals surface area contributed by atoms with E-state index in [4.69, 9.17) is 0 Å². The maximum atomic E-state index is 14.2. The Bertz CT molecular complexity index is 898. The molecule has 1 fully saturated rings. The Labute approximate surface area is 153 Å². The fourth-order valence-electron chi connectivity index (χ4n) is 3.33. The third-order valence-corrected chi connectivity index (χ3v) is 5.29. The number of hydrogen-bond acceptors (Lipinski definition) is 3. The standard InChI is InChI=1S/C18H21F4N3O2/c1-16(2,18(20,21)22)9-13(27)23-15-24-14-11(19)7-10(26)8-12(14)25(15)17(3)5-4-6-17/h7-8,26H,4-6,9H2,1-3H3,(H,23,24,27). The van der Waals surface area contributed by atoms with E-state index in [0.29, 0.717) is 5.52 Å². The number of aromatic hydroxyl groups is 1. The molecule has 1 aromatic carbocycles. The molecule has 2 aromatic rings. The third kappa shape index (κ3) is 3.35. The summed E-state index contributed by atoms with van der Waals surface area (Å²) in [5.74, 6) is -1.93. The minimum atomic E-state index is -4.54. The van der Waals surface area contributed by atoms with Crippen molar-refractivity contribution in [2.45, 2.75) is 58.2 Å². The van der Waals surface area contributed by atoms with E-state index in [1.54, 1.807) is 4.57 Å². The van der Waals surface area contributed by atoms with Gasteiger partial charge in [-0.3, -0.25) is 10.1 Å². The van der Waals surface area contributed by atoms with E-state index >= 15 is 0 Å². The van der Waals surface area contributed by atoms with Gasteiger partial charge in [0.05, 0.1) is 10.9 Å². The van der Waals surface area contributed by atoms with Crippen molar-refractivity contribution in [1.29, 1.82) is 0 Å². The molecule has 0 saturated heterocycles. The molecule has 0 spiro atoms. The molecule has 0 unspecified atom stereocenters. The van der Waals surface area contributed by atoms with Crippen LogP contribution in [0.5, 0.6) is 5.75 Å². The second kappa shape index (κ2) is 6.10. The number of anilines is 1. The number of hydrogen-bond donors (Lipinski definition) is 2. The zero-order valence-electron chi connectivity index (χ0n) is 15.2. The highest BCUT2D eigenvalue weighted by atomic mass is 19.4. The van der Waals surface area contributed by atoms with E-state index in [9.17, 15) is 27.5 Å². The van der Waals surface area contributed by atoms with Gasteiger partial charge in [0.2, 0.25) is 11.9 Å². The lowest BCUT2D eigenvalue weighted by Crippen LogP contribution is -2.39. The number of rotatable bonds is 4. The maximum Gasteiger partial charge on any atom is 0.394 e. The molecule has 2 N–H and O–H groups in total. The normalized spacial score (nSPS) is 17.0. The van der Waals surface area contributed by atoms with Crippen LogP contribution in [0, 0.1) is 11.2 Å². The summed E-state index contributed by atoms with van der Waals surface area (Å²) in [5, 5.41) is 12.1. The first-order valence-corrected chi connectivity index (χ1v) is 8.62. The molecule has 1 aliphatic carbocycles. The van der Waals surface area contributed by atoms with Crippen LogP contribution in [0.1, 0.15) is 46.5 Å². The fraction of sp³-hybridized carbons (Fsp3) is 0.556. The number of amides is 1. The average molecular weight is 387 g/mol. The lowest BCUT2D eigenvalue weighted by atomic mass is 9.78. The monoisotopic (exact) mass is 387 g/mol. The minimum Gasteiger partial charge on any atom is -0.508 e. The Morgan fingerprint density at radius 2 is 1.96 bits per heavy atom. The van der Waals surface area contributed by atoms with E-state index in [-0.39, 0.29) is 17.2 Å². The van der Waals surface area contributed by atoms with Crippen molar-refractivity contribution < 1.29 is 27.5 Å². The topological polar surface area (TPSA) is 67.2 Å². The number of fused-ring (bicyclic) bond motifs is 1. The first kappa shape index (κ1) is 19.4. The zero-order chi connectivity index (χ0) is 20.2. The summed E-state index contributed by atoms with van der Waals surface area (Å²) in [7, 11) is 0. The van der Waals surface area contributed by atoms with Gasteiger partial charge >= 0.3 is 6.18 Å². The zero-order valence-corrected chi connectivity index (χ0v) is 15.2. The Morgan fingerprint density at radius 3 is 2.48 bits per heavy atom. The average Bonchev–Trinajstić information content (AvgIpc) is 2.81. The highest BCUT2D eigenvalue weighted by Crippen LogP contribution is 2.44. The lowest BCUT2D eigenvalue weighted by Gasteiger charge is -2.41. The minimum absolute atomic E-state index is 0.0142. The molecule has 27 heavy (non-hydrogen) atoms. The number of nitrogens with zero attached hydrogens (tertiary/aromatic N) is 2. The molecule has 9 heteroatoms. The van der Waals surface area contributed by atoms with Gasteiger partial charge in [-0.15, -0.1) is 0 Å². The number of nitrogens with one attached hydrogen (secondary N) is 1. The number of benzene rings is 1. The number of imidazole rings is 1. The number of phenols is 1. The Hall–Kier alpha value is -2.32.